The number of carboxylic acid groups (broad SMARTS) is 1. The van der Waals surface area contributed by atoms with Gasteiger partial charge in [-0.05, 0) is 17.5 Å². The van der Waals surface area contributed by atoms with Gasteiger partial charge in [0.25, 0.3) is 0 Å². The van der Waals surface area contributed by atoms with E-state index in [1.54, 1.807) is 0 Å². The molecule has 0 aromatic heterocycles. The van der Waals surface area contributed by atoms with Gasteiger partial charge in [0.2, 0.25) is 5.91 Å². The number of hydrogen-bond donors (Lipinski definition) is 2. The van der Waals surface area contributed by atoms with Gasteiger partial charge < -0.3 is 10.4 Å². The second kappa shape index (κ2) is 7.98. The van der Waals surface area contributed by atoms with Gasteiger partial charge in [-0.25, -0.2) is 0 Å². The predicted octanol–water partition coefficient (Wildman–Crippen LogP) is 2.64. The number of nitrogens with one attached hydrogen (secondary N) is 1. The first-order valence-electron chi connectivity index (χ1n) is 7.22. The third-order valence-corrected chi connectivity index (χ3v) is 3.43. The summed E-state index contributed by atoms with van der Waals surface area (Å²) in [5.74, 6) is -1.76. The third kappa shape index (κ3) is 5.05. The number of hydrogen-bond acceptors (Lipinski definition) is 2. The van der Waals surface area contributed by atoms with Crippen molar-refractivity contribution in [2.45, 2.75) is 19.4 Å². The van der Waals surface area contributed by atoms with Gasteiger partial charge in [0.05, 0.1) is 12.3 Å². The predicted molar refractivity (Wildman–Crippen MR) is 84.2 cm³/mol. The van der Waals surface area contributed by atoms with Gasteiger partial charge in [-0.15, -0.1) is 0 Å². The Hall–Kier alpha value is -2.62. The fourth-order valence-corrected chi connectivity index (χ4v) is 2.30. The lowest BCUT2D eigenvalue weighted by molar-refractivity contribution is -0.141. The molecule has 0 radical (unpaired) electrons. The molecule has 4 nitrogen and oxygen atoms in total. The molecule has 1 amide bonds. The van der Waals surface area contributed by atoms with Gasteiger partial charge in [-0.1, -0.05) is 60.7 Å². The molecular formula is C18H19NO3. The molecule has 2 aromatic rings. The van der Waals surface area contributed by atoms with Gasteiger partial charge in [0, 0.05) is 6.54 Å². The van der Waals surface area contributed by atoms with Crippen LogP contribution in [0.25, 0.3) is 0 Å². The number of benzene rings is 2. The van der Waals surface area contributed by atoms with Crippen molar-refractivity contribution in [3.63, 3.8) is 0 Å². The van der Waals surface area contributed by atoms with Crippen molar-refractivity contribution in [1.82, 2.24) is 5.32 Å². The van der Waals surface area contributed by atoms with Crippen LogP contribution >= 0.6 is 0 Å². The number of rotatable bonds is 7. The Morgan fingerprint density at radius 1 is 0.909 bits per heavy atom. The number of aliphatic carboxylic acids is 1. The average molecular weight is 297 g/mol. The summed E-state index contributed by atoms with van der Waals surface area (Å²) in [6, 6.07) is 19.0. The van der Waals surface area contributed by atoms with Crippen molar-refractivity contribution in [2.24, 2.45) is 5.92 Å². The van der Waals surface area contributed by atoms with E-state index in [1.165, 1.54) is 0 Å². The maximum absolute atomic E-state index is 12.3. The first kappa shape index (κ1) is 15.8. The lowest BCUT2D eigenvalue weighted by Gasteiger charge is -2.15. The average Bonchev–Trinajstić information content (AvgIpc) is 2.53. The Kier molecular flexibility index (Phi) is 5.72. The lowest BCUT2D eigenvalue weighted by Crippen LogP contribution is -2.33. The standard InChI is InChI=1S/C18H19NO3/c20-17(21)12-16(11-14-7-3-1-4-8-14)18(22)19-13-15-9-5-2-6-10-15/h1-10,16H,11-13H2,(H,19,22)(H,20,21). The molecule has 0 saturated carbocycles. The van der Waals surface area contributed by atoms with E-state index in [4.69, 9.17) is 5.11 Å². The fourth-order valence-electron chi connectivity index (χ4n) is 2.30. The molecule has 0 heterocycles. The Morgan fingerprint density at radius 2 is 1.45 bits per heavy atom. The summed E-state index contributed by atoms with van der Waals surface area (Å²) in [6.45, 7) is 0.407. The van der Waals surface area contributed by atoms with Crippen LogP contribution in [0.1, 0.15) is 17.5 Å². The molecule has 114 valence electrons. The van der Waals surface area contributed by atoms with E-state index in [0.717, 1.165) is 11.1 Å². The maximum Gasteiger partial charge on any atom is 0.304 e. The van der Waals surface area contributed by atoms with Crippen molar-refractivity contribution < 1.29 is 14.7 Å². The van der Waals surface area contributed by atoms with Crippen LogP contribution in [-0.2, 0) is 22.6 Å². The Bertz CT molecular complexity index is 611. The molecule has 1 unspecified atom stereocenters. The van der Waals surface area contributed by atoms with Gasteiger partial charge in [0.15, 0.2) is 0 Å². The van der Waals surface area contributed by atoms with Crippen LogP contribution < -0.4 is 5.32 Å². The smallest absolute Gasteiger partial charge is 0.304 e. The molecule has 2 rings (SSSR count). The zero-order valence-electron chi connectivity index (χ0n) is 12.2. The van der Waals surface area contributed by atoms with Crippen LogP contribution in [0.3, 0.4) is 0 Å². The monoisotopic (exact) mass is 297 g/mol. The molecule has 0 bridgehead atoms. The van der Waals surface area contributed by atoms with Crippen LogP contribution in [-0.4, -0.2) is 17.0 Å². The molecule has 0 fully saturated rings. The third-order valence-electron chi connectivity index (χ3n) is 3.43. The maximum atomic E-state index is 12.3. The zero-order valence-corrected chi connectivity index (χ0v) is 12.2. The van der Waals surface area contributed by atoms with E-state index in [-0.39, 0.29) is 12.3 Å². The Morgan fingerprint density at radius 3 is 2.00 bits per heavy atom. The van der Waals surface area contributed by atoms with Gasteiger partial charge in [-0.3, -0.25) is 9.59 Å². The minimum Gasteiger partial charge on any atom is -0.481 e. The minimum atomic E-state index is -0.962. The second-order valence-electron chi connectivity index (χ2n) is 5.19. The quantitative estimate of drug-likeness (QED) is 0.825. The van der Waals surface area contributed by atoms with Crippen LogP contribution in [0, 0.1) is 5.92 Å². The van der Waals surface area contributed by atoms with Crippen molar-refractivity contribution in [3.05, 3.63) is 71.8 Å². The van der Waals surface area contributed by atoms with Crippen LogP contribution in [0.4, 0.5) is 0 Å². The van der Waals surface area contributed by atoms with Crippen molar-refractivity contribution in [2.75, 3.05) is 0 Å². The number of carboxylic acids is 1. The summed E-state index contributed by atoms with van der Waals surface area (Å²) in [5, 5.41) is 11.8. The zero-order chi connectivity index (χ0) is 15.8. The van der Waals surface area contributed by atoms with Gasteiger partial charge >= 0.3 is 5.97 Å². The highest BCUT2D eigenvalue weighted by Gasteiger charge is 2.21. The fraction of sp³-hybridized carbons (Fsp3) is 0.222. The highest BCUT2D eigenvalue weighted by molar-refractivity contribution is 5.83. The summed E-state index contributed by atoms with van der Waals surface area (Å²) in [4.78, 5) is 23.3. The first-order chi connectivity index (χ1) is 10.6. The SMILES string of the molecule is O=C(O)CC(Cc1ccccc1)C(=O)NCc1ccccc1. The Balaban J connectivity index is 1.98. The molecule has 1 atom stereocenters. The summed E-state index contributed by atoms with van der Waals surface area (Å²) in [7, 11) is 0. The molecule has 0 aliphatic heterocycles. The van der Waals surface area contributed by atoms with E-state index >= 15 is 0 Å². The minimum absolute atomic E-state index is 0.171. The summed E-state index contributed by atoms with van der Waals surface area (Å²) in [6.07, 6.45) is 0.253. The van der Waals surface area contributed by atoms with E-state index in [0.29, 0.717) is 13.0 Å². The molecule has 0 saturated heterocycles. The van der Waals surface area contributed by atoms with Crippen molar-refractivity contribution >= 4 is 11.9 Å². The van der Waals surface area contributed by atoms with Crippen LogP contribution in [0.5, 0.6) is 0 Å². The van der Waals surface area contributed by atoms with Crippen molar-refractivity contribution in [1.29, 1.82) is 0 Å². The molecule has 0 spiro atoms. The largest absolute Gasteiger partial charge is 0.481 e. The van der Waals surface area contributed by atoms with Crippen molar-refractivity contribution in [3.8, 4) is 0 Å². The summed E-state index contributed by atoms with van der Waals surface area (Å²) in [5.41, 5.74) is 1.95. The molecule has 22 heavy (non-hydrogen) atoms. The van der Waals surface area contributed by atoms with E-state index < -0.39 is 11.9 Å². The summed E-state index contributed by atoms with van der Waals surface area (Å²) >= 11 is 0. The molecule has 2 aromatic carbocycles. The molecule has 0 aliphatic rings. The lowest BCUT2D eigenvalue weighted by atomic mass is 9.95. The molecule has 2 N–H and O–H groups in total. The Labute approximate surface area is 129 Å². The van der Waals surface area contributed by atoms with Gasteiger partial charge in [-0.2, -0.15) is 0 Å². The van der Waals surface area contributed by atoms with E-state index in [1.807, 2.05) is 60.7 Å². The van der Waals surface area contributed by atoms with Crippen LogP contribution in [0.2, 0.25) is 0 Å². The second-order valence-corrected chi connectivity index (χ2v) is 5.19. The highest BCUT2D eigenvalue weighted by Crippen LogP contribution is 2.13. The normalized spacial score (nSPS) is 11.6. The van der Waals surface area contributed by atoms with Gasteiger partial charge in [0.1, 0.15) is 0 Å². The van der Waals surface area contributed by atoms with E-state index in [2.05, 4.69) is 5.32 Å². The number of amides is 1. The van der Waals surface area contributed by atoms with Crippen LogP contribution in [0.15, 0.2) is 60.7 Å². The molecule has 4 heteroatoms. The first-order valence-corrected chi connectivity index (χ1v) is 7.22. The molecular weight excluding hydrogens is 278 g/mol. The number of carbonyl (C=O) groups is 2. The topological polar surface area (TPSA) is 66.4 Å². The molecule has 0 aliphatic carbocycles. The summed E-state index contributed by atoms with van der Waals surface area (Å²) < 4.78 is 0. The number of carbonyl (C=O) groups excluding carboxylic acids is 1. The van der Waals surface area contributed by atoms with E-state index in [9.17, 15) is 9.59 Å². The highest BCUT2D eigenvalue weighted by atomic mass is 16.4.